The van der Waals surface area contributed by atoms with Crippen molar-refractivity contribution in [2.45, 2.75) is 12.8 Å². The lowest BCUT2D eigenvalue weighted by Crippen LogP contribution is -2.52. The molecule has 1 unspecified atom stereocenters. The predicted molar refractivity (Wildman–Crippen MR) is 73.9 cm³/mol. The summed E-state index contributed by atoms with van der Waals surface area (Å²) in [5.74, 6) is 0.194. The van der Waals surface area contributed by atoms with Gasteiger partial charge >= 0.3 is 0 Å². The molecule has 2 amide bonds. The first-order valence-corrected chi connectivity index (χ1v) is 6.37. The molecule has 2 N–H and O–H groups in total. The summed E-state index contributed by atoms with van der Waals surface area (Å²) in [6, 6.07) is 7.67. The minimum atomic E-state index is -0.0540. The van der Waals surface area contributed by atoms with E-state index in [0.717, 1.165) is 11.3 Å². The smallest absolute Gasteiger partial charge is 0.247 e. The van der Waals surface area contributed by atoms with E-state index in [1.54, 1.807) is 7.05 Å². The molecule has 0 aliphatic carbocycles. The molecular formula is C14H19N3O2. The van der Waals surface area contributed by atoms with Crippen molar-refractivity contribution in [3.8, 4) is 0 Å². The van der Waals surface area contributed by atoms with Crippen LogP contribution in [0, 0.1) is 0 Å². The highest BCUT2D eigenvalue weighted by Gasteiger charge is 2.28. The number of rotatable bonds is 3. The molecule has 0 bridgehead atoms. The Morgan fingerprint density at radius 1 is 1.16 bits per heavy atom. The van der Waals surface area contributed by atoms with Crippen LogP contribution in [0.25, 0.3) is 0 Å². The van der Waals surface area contributed by atoms with E-state index in [4.69, 9.17) is 5.73 Å². The maximum Gasteiger partial charge on any atom is 0.247 e. The topological polar surface area (TPSA) is 66.6 Å². The average molecular weight is 261 g/mol. The number of benzene rings is 1. The lowest BCUT2D eigenvalue weighted by Gasteiger charge is -2.31. The standard InChI is InChI=1S/C14H19N3O2/c1-10(7-15)11-3-5-12(6-4-11)17-9-13(18)16(2)8-14(17)19/h3-6,10H,7-9,15H2,1-2H3. The normalized spacial score (nSPS) is 17.8. The van der Waals surface area contributed by atoms with Gasteiger partial charge in [-0.3, -0.25) is 9.59 Å². The minimum Gasteiger partial charge on any atom is -0.335 e. The van der Waals surface area contributed by atoms with Crippen LogP contribution in [0.4, 0.5) is 5.69 Å². The van der Waals surface area contributed by atoms with Gasteiger partial charge in [-0.2, -0.15) is 0 Å². The van der Waals surface area contributed by atoms with Crippen molar-refractivity contribution in [3.05, 3.63) is 29.8 Å². The lowest BCUT2D eigenvalue weighted by molar-refractivity contribution is -0.136. The van der Waals surface area contributed by atoms with Crippen LogP contribution in [-0.4, -0.2) is 43.4 Å². The fourth-order valence-corrected chi connectivity index (χ4v) is 2.07. The third-order valence-electron chi connectivity index (χ3n) is 3.52. The van der Waals surface area contributed by atoms with E-state index < -0.39 is 0 Å². The fraction of sp³-hybridized carbons (Fsp3) is 0.429. The molecule has 2 rings (SSSR count). The summed E-state index contributed by atoms with van der Waals surface area (Å²) >= 11 is 0. The van der Waals surface area contributed by atoms with Gasteiger partial charge in [-0.1, -0.05) is 19.1 Å². The van der Waals surface area contributed by atoms with Gasteiger partial charge < -0.3 is 15.5 Å². The molecule has 19 heavy (non-hydrogen) atoms. The Bertz CT molecular complexity index is 484. The molecule has 0 radical (unpaired) electrons. The molecule has 1 heterocycles. The first kappa shape index (κ1) is 13.5. The Morgan fingerprint density at radius 2 is 1.79 bits per heavy atom. The van der Waals surface area contributed by atoms with E-state index in [0.29, 0.717) is 12.5 Å². The quantitative estimate of drug-likeness (QED) is 0.864. The Morgan fingerprint density at radius 3 is 2.37 bits per heavy atom. The van der Waals surface area contributed by atoms with Crippen molar-refractivity contribution in [3.63, 3.8) is 0 Å². The Hall–Kier alpha value is -1.88. The number of amides is 2. The third-order valence-corrected chi connectivity index (χ3v) is 3.52. The summed E-state index contributed by atoms with van der Waals surface area (Å²) in [6.07, 6.45) is 0. The number of carbonyl (C=O) groups is 2. The van der Waals surface area contributed by atoms with Crippen LogP contribution >= 0.6 is 0 Å². The van der Waals surface area contributed by atoms with Crippen LogP contribution in [0.5, 0.6) is 0 Å². The van der Waals surface area contributed by atoms with Crippen LogP contribution in [0.15, 0.2) is 24.3 Å². The minimum absolute atomic E-state index is 0.0426. The Kier molecular flexibility index (Phi) is 3.85. The third kappa shape index (κ3) is 2.76. The van der Waals surface area contributed by atoms with E-state index in [-0.39, 0.29) is 24.9 Å². The molecular weight excluding hydrogens is 242 g/mol. The fourth-order valence-electron chi connectivity index (χ4n) is 2.07. The SMILES string of the molecule is CC(CN)c1ccc(N2CC(=O)N(C)CC2=O)cc1. The van der Waals surface area contributed by atoms with Crippen molar-refractivity contribution in [1.82, 2.24) is 4.90 Å². The van der Waals surface area contributed by atoms with Gasteiger partial charge in [0.1, 0.15) is 6.54 Å². The second-order valence-corrected chi connectivity index (χ2v) is 4.96. The second-order valence-electron chi connectivity index (χ2n) is 4.96. The summed E-state index contributed by atoms with van der Waals surface area (Å²) in [5, 5.41) is 0. The number of nitrogens with zero attached hydrogens (tertiary/aromatic N) is 2. The van der Waals surface area contributed by atoms with Crippen LogP contribution in [0.2, 0.25) is 0 Å². The van der Waals surface area contributed by atoms with E-state index in [1.807, 2.05) is 24.3 Å². The summed E-state index contributed by atoms with van der Waals surface area (Å²) in [5.41, 5.74) is 7.53. The van der Waals surface area contributed by atoms with Crippen molar-refractivity contribution in [1.29, 1.82) is 0 Å². The predicted octanol–water partition coefficient (Wildman–Crippen LogP) is 0.554. The van der Waals surface area contributed by atoms with Gasteiger partial charge in [0.15, 0.2) is 0 Å². The van der Waals surface area contributed by atoms with Crippen LogP contribution in [-0.2, 0) is 9.59 Å². The number of carbonyl (C=O) groups excluding carboxylic acids is 2. The summed E-state index contributed by atoms with van der Waals surface area (Å²) in [6.45, 7) is 2.89. The molecule has 0 saturated carbocycles. The molecule has 1 atom stereocenters. The zero-order valence-corrected chi connectivity index (χ0v) is 11.3. The first-order valence-electron chi connectivity index (χ1n) is 6.37. The average Bonchev–Trinajstić information content (AvgIpc) is 2.42. The molecule has 1 saturated heterocycles. The largest absolute Gasteiger partial charge is 0.335 e. The molecule has 0 aromatic heterocycles. The molecule has 0 spiro atoms. The van der Waals surface area contributed by atoms with Gasteiger partial charge in [-0.15, -0.1) is 0 Å². The second kappa shape index (κ2) is 5.40. The lowest BCUT2D eigenvalue weighted by atomic mass is 10.0. The molecule has 1 fully saturated rings. The Balaban J connectivity index is 2.18. The number of anilines is 1. The van der Waals surface area contributed by atoms with Crippen molar-refractivity contribution in [2.75, 3.05) is 31.6 Å². The molecule has 1 aromatic rings. The summed E-state index contributed by atoms with van der Waals surface area (Å²) in [7, 11) is 1.64. The van der Waals surface area contributed by atoms with Gasteiger partial charge in [-0.25, -0.2) is 0 Å². The summed E-state index contributed by atoms with van der Waals surface area (Å²) in [4.78, 5) is 26.6. The van der Waals surface area contributed by atoms with Gasteiger partial charge in [-0.05, 0) is 30.2 Å². The maximum absolute atomic E-state index is 11.9. The number of hydrogen-bond donors (Lipinski definition) is 1. The van der Waals surface area contributed by atoms with Gasteiger partial charge in [0.2, 0.25) is 11.8 Å². The van der Waals surface area contributed by atoms with Crippen LogP contribution in [0.3, 0.4) is 0 Å². The van der Waals surface area contributed by atoms with Crippen molar-refractivity contribution >= 4 is 17.5 Å². The highest BCUT2D eigenvalue weighted by atomic mass is 16.2. The summed E-state index contributed by atoms with van der Waals surface area (Å²) < 4.78 is 0. The van der Waals surface area contributed by atoms with Crippen molar-refractivity contribution < 1.29 is 9.59 Å². The number of likely N-dealkylation sites (N-methyl/N-ethyl adjacent to an activating group) is 1. The van der Waals surface area contributed by atoms with E-state index in [2.05, 4.69) is 6.92 Å². The molecule has 5 nitrogen and oxygen atoms in total. The highest BCUT2D eigenvalue weighted by Crippen LogP contribution is 2.21. The zero-order chi connectivity index (χ0) is 14.0. The maximum atomic E-state index is 11.9. The molecule has 102 valence electrons. The molecule has 1 aliphatic rings. The molecule has 1 aromatic carbocycles. The zero-order valence-electron chi connectivity index (χ0n) is 11.3. The van der Waals surface area contributed by atoms with Gasteiger partial charge in [0.25, 0.3) is 0 Å². The number of hydrogen-bond acceptors (Lipinski definition) is 3. The first-order chi connectivity index (χ1) is 9.02. The van der Waals surface area contributed by atoms with E-state index in [1.165, 1.54) is 9.80 Å². The molecule has 5 heteroatoms. The van der Waals surface area contributed by atoms with Gasteiger partial charge in [0.05, 0.1) is 6.54 Å². The highest BCUT2D eigenvalue weighted by molar-refractivity contribution is 6.04. The van der Waals surface area contributed by atoms with Crippen LogP contribution < -0.4 is 10.6 Å². The monoisotopic (exact) mass is 261 g/mol. The van der Waals surface area contributed by atoms with Gasteiger partial charge in [0, 0.05) is 12.7 Å². The number of nitrogens with two attached hydrogens (primary N) is 1. The van der Waals surface area contributed by atoms with E-state index >= 15 is 0 Å². The van der Waals surface area contributed by atoms with Crippen molar-refractivity contribution in [2.24, 2.45) is 5.73 Å². The molecule has 1 aliphatic heterocycles. The Labute approximate surface area is 113 Å². The number of piperazine rings is 1. The van der Waals surface area contributed by atoms with E-state index in [9.17, 15) is 9.59 Å². The van der Waals surface area contributed by atoms with Crippen LogP contribution in [0.1, 0.15) is 18.4 Å².